The third-order valence-corrected chi connectivity index (χ3v) is 1.91. The van der Waals surface area contributed by atoms with E-state index in [4.69, 9.17) is 0 Å². The number of carbonyl (C=O) groups excluding carboxylic acids is 1. The van der Waals surface area contributed by atoms with Gasteiger partial charge in [0.25, 0.3) is 5.91 Å². The van der Waals surface area contributed by atoms with Crippen molar-refractivity contribution in [2.75, 3.05) is 12.4 Å². The van der Waals surface area contributed by atoms with Crippen molar-refractivity contribution in [2.24, 2.45) is 16.1 Å². The van der Waals surface area contributed by atoms with Crippen molar-refractivity contribution in [3.05, 3.63) is 12.4 Å². The van der Waals surface area contributed by atoms with Crippen molar-refractivity contribution in [3.63, 3.8) is 0 Å². The first kappa shape index (κ1) is 11.4. The van der Waals surface area contributed by atoms with Gasteiger partial charge in [-0.2, -0.15) is 15.3 Å². The Hall–Kier alpha value is -1.72. The van der Waals surface area contributed by atoms with Crippen LogP contribution in [0.15, 0.2) is 22.6 Å². The monoisotopic (exact) mass is 209 g/mol. The van der Waals surface area contributed by atoms with Gasteiger partial charge in [0.05, 0.1) is 11.9 Å². The van der Waals surface area contributed by atoms with Crippen molar-refractivity contribution in [1.29, 1.82) is 0 Å². The fraction of sp³-hybridized carbons (Fsp3) is 0.556. The number of anilines is 1. The molecule has 0 saturated carbocycles. The smallest absolute Gasteiger partial charge is 0.251 e. The zero-order valence-corrected chi connectivity index (χ0v) is 9.06. The number of nitrogens with one attached hydrogen (secondary N) is 2. The molecule has 1 heterocycles. The normalized spacial score (nSPS) is 13.3. The summed E-state index contributed by atoms with van der Waals surface area (Å²) in [6.07, 6.45) is 3.15. The lowest BCUT2D eigenvalue weighted by Crippen LogP contribution is -2.30. The summed E-state index contributed by atoms with van der Waals surface area (Å²) in [4.78, 5) is 11.7. The molecule has 1 atom stereocenters. The van der Waals surface area contributed by atoms with Gasteiger partial charge in [0.15, 0.2) is 6.04 Å². The van der Waals surface area contributed by atoms with Gasteiger partial charge < -0.3 is 5.32 Å². The molecule has 82 valence electrons. The molecule has 6 nitrogen and oxygen atoms in total. The molecule has 6 heteroatoms. The Balaban J connectivity index is 2.65. The number of aromatic nitrogens is 2. The molecule has 0 saturated heterocycles. The largest absolute Gasteiger partial charge is 0.321 e. The minimum absolute atomic E-state index is 0.112. The maximum Gasteiger partial charge on any atom is 0.251 e. The lowest BCUT2D eigenvalue weighted by molar-refractivity contribution is -0.118. The minimum Gasteiger partial charge on any atom is -0.321 e. The lowest BCUT2D eigenvalue weighted by Gasteiger charge is -2.13. The Kier molecular flexibility index (Phi) is 3.96. The second-order valence-corrected chi connectivity index (χ2v) is 3.48. The van der Waals surface area contributed by atoms with E-state index in [-0.39, 0.29) is 11.8 Å². The molecule has 2 N–H and O–H groups in total. The van der Waals surface area contributed by atoms with Crippen molar-refractivity contribution in [3.8, 4) is 0 Å². The van der Waals surface area contributed by atoms with Gasteiger partial charge in [-0.3, -0.25) is 9.89 Å². The van der Waals surface area contributed by atoms with Gasteiger partial charge in [-0.25, -0.2) is 0 Å². The molecule has 1 aromatic heterocycles. The number of hydrogen-bond donors (Lipinski definition) is 2. The van der Waals surface area contributed by atoms with E-state index >= 15 is 0 Å². The van der Waals surface area contributed by atoms with Crippen LogP contribution in [0.2, 0.25) is 0 Å². The molecule has 0 aliphatic heterocycles. The van der Waals surface area contributed by atoms with E-state index in [1.165, 1.54) is 0 Å². The van der Waals surface area contributed by atoms with Crippen LogP contribution in [0.3, 0.4) is 0 Å². The van der Waals surface area contributed by atoms with E-state index in [1.54, 1.807) is 19.4 Å². The molecule has 0 radical (unpaired) electrons. The number of nitrogens with zero attached hydrogens (tertiary/aromatic N) is 3. The van der Waals surface area contributed by atoms with Crippen LogP contribution in [0.25, 0.3) is 0 Å². The summed E-state index contributed by atoms with van der Waals surface area (Å²) in [6, 6.07) is -0.454. The predicted molar refractivity (Wildman–Crippen MR) is 56.6 cm³/mol. The molecular formula is C9H15N5O. The van der Waals surface area contributed by atoms with Gasteiger partial charge in [-0.05, 0) is 5.92 Å². The van der Waals surface area contributed by atoms with Crippen LogP contribution < -0.4 is 5.32 Å². The second kappa shape index (κ2) is 5.23. The quantitative estimate of drug-likeness (QED) is 0.736. The first-order valence-corrected chi connectivity index (χ1v) is 4.73. The van der Waals surface area contributed by atoms with E-state index in [2.05, 4.69) is 25.7 Å². The number of carbonyl (C=O) groups is 1. The molecule has 1 amide bonds. The number of hydrogen-bond acceptors (Lipinski definition) is 4. The van der Waals surface area contributed by atoms with Gasteiger partial charge in [-0.1, -0.05) is 13.8 Å². The van der Waals surface area contributed by atoms with Crippen molar-refractivity contribution in [2.45, 2.75) is 19.9 Å². The van der Waals surface area contributed by atoms with Crippen molar-refractivity contribution >= 4 is 11.6 Å². The molecule has 0 aliphatic carbocycles. The van der Waals surface area contributed by atoms with Crippen LogP contribution in [0, 0.1) is 5.92 Å². The highest BCUT2D eigenvalue weighted by Crippen LogP contribution is 2.10. The third-order valence-electron chi connectivity index (χ3n) is 1.91. The summed E-state index contributed by atoms with van der Waals surface area (Å²) in [5.41, 5.74) is 0.636. The number of H-pyrrole nitrogens is 1. The standard InChI is InChI=1S/C9H15N5O/c1-6(2)8(14-10-3)9(15)13-7-4-11-12-5-7/h4-6,8H,1-3H3,(H,11,12)(H,13,15). The third kappa shape index (κ3) is 3.16. The van der Waals surface area contributed by atoms with Crippen LogP contribution in [-0.4, -0.2) is 29.2 Å². The van der Waals surface area contributed by atoms with Crippen LogP contribution >= 0.6 is 0 Å². The highest BCUT2D eigenvalue weighted by atomic mass is 16.2. The van der Waals surface area contributed by atoms with Gasteiger partial charge in [-0.15, -0.1) is 0 Å². The maximum absolute atomic E-state index is 11.7. The summed E-state index contributed by atoms with van der Waals surface area (Å²) in [5, 5.41) is 16.6. The molecule has 0 aromatic carbocycles. The summed E-state index contributed by atoms with van der Waals surface area (Å²) in [7, 11) is 1.56. The number of aromatic amines is 1. The first-order valence-electron chi connectivity index (χ1n) is 4.73. The predicted octanol–water partition coefficient (Wildman–Crippen LogP) is 1.45. The minimum atomic E-state index is -0.454. The van der Waals surface area contributed by atoms with Crippen LogP contribution in [0.1, 0.15) is 13.8 Å². The first-order chi connectivity index (χ1) is 7.15. The second-order valence-electron chi connectivity index (χ2n) is 3.48. The van der Waals surface area contributed by atoms with Crippen LogP contribution in [0.5, 0.6) is 0 Å². The van der Waals surface area contributed by atoms with Gasteiger partial charge in [0.1, 0.15) is 0 Å². The lowest BCUT2D eigenvalue weighted by atomic mass is 10.0. The Morgan fingerprint density at radius 3 is 2.80 bits per heavy atom. The molecule has 0 fully saturated rings. The molecule has 0 aliphatic rings. The molecule has 1 rings (SSSR count). The van der Waals surface area contributed by atoms with E-state index in [0.29, 0.717) is 5.69 Å². The van der Waals surface area contributed by atoms with Gasteiger partial charge in [0, 0.05) is 13.2 Å². The molecule has 1 unspecified atom stereocenters. The molecular weight excluding hydrogens is 194 g/mol. The van der Waals surface area contributed by atoms with E-state index < -0.39 is 6.04 Å². The van der Waals surface area contributed by atoms with Crippen molar-refractivity contribution < 1.29 is 4.79 Å². The number of azo groups is 1. The Morgan fingerprint density at radius 1 is 1.60 bits per heavy atom. The zero-order valence-electron chi connectivity index (χ0n) is 9.06. The highest BCUT2D eigenvalue weighted by Gasteiger charge is 2.21. The topological polar surface area (TPSA) is 82.5 Å². The van der Waals surface area contributed by atoms with E-state index in [1.807, 2.05) is 13.8 Å². The number of amides is 1. The van der Waals surface area contributed by atoms with Crippen LogP contribution in [-0.2, 0) is 4.79 Å². The Labute approximate surface area is 88.2 Å². The maximum atomic E-state index is 11.7. The summed E-state index contributed by atoms with van der Waals surface area (Å²) < 4.78 is 0. The summed E-state index contributed by atoms with van der Waals surface area (Å²) in [5.74, 6) is -0.0578. The molecule has 15 heavy (non-hydrogen) atoms. The fourth-order valence-corrected chi connectivity index (χ4v) is 1.15. The van der Waals surface area contributed by atoms with Gasteiger partial charge >= 0.3 is 0 Å². The zero-order chi connectivity index (χ0) is 11.3. The Bertz CT molecular complexity index is 330. The van der Waals surface area contributed by atoms with Crippen LogP contribution in [0.4, 0.5) is 5.69 Å². The van der Waals surface area contributed by atoms with E-state index in [9.17, 15) is 4.79 Å². The van der Waals surface area contributed by atoms with Gasteiger partial charge in [0.2, 0.25) is 0 Å². The average molecular weight is 209 g/mol. The summed E-state index contributed by atoms with van der Waals surface area (Å²) in [6.45, 7) is 3.85. The van der Waals surface area contributed by atoms with E-state index in [0.717, 1.165) is 0 Å². The fourth-order valence-electron chi connectivity index (χ4n) is 1.15. The number of rotatable bonds is 4. The molecule has 0 spiro atoms. The summed E-state index contributed by atoms with van der Waals surface area (Å²) >= 11 is 0. The van der Waals surface area contributed by atoms with Crippen molar-refractivity contribution in [1.82, 2.24) is 10.2 Å². The Morgan fingerprint density at radius 2 is 2.33 bits per heavy atom. The average Bonchev–Trinajstić information content (AvgIpc) is 2.65. The molecule has 1 aromatic rings. The highest BCUT2D eigenvalue weighted by molar-refractivity contribution is 5.94. The SMILES string of the molecule is CN=NC(C(=O)Nc1cn[nH]c1)C(C)C. The molecule has 0 bridgehead atoms.